The molecular weight excluding hydrogens is 262 g/mol. The Morgan fingerprint density at radius 3 is 2.19 bits per heavy atom. The van der Waals surface area contributed by atoms with E-state index in [4.69, 9.17) is 0 Å². The van der Waals surface area contributed by atoms with Gasteiger partial charge in [-0.05, 0) is 17.5 Å². The van der Waals surface area contributed by atoms with Gasteiger partial charge in [0.15, 0.2) is 0 Å². The van der Waals surface area contributed by atoms with Gasteiger partial charge in [-0.25, -0.2) is 0 Å². The fraction of sp³-hybridized carbons (Fsp3) is 0.278. The van der Waals surface area contributed by atoms with Crippen LogP contribution in [0.1, 0.15) is 17.5 Å². The molecule has 0 bridgehead atoms. The summed E-state index contributed by atoms with van der Waals surface area (Å²) >= 11 is 0. The molecule has 0 aliphatic carbocycles. The normalized spacial score (nSPS) is 25.3. The third-order valence-electron chi connectivity index (χ3n) is 4.43. The molecule has 0 aromatic heterocycles. The van der Waals surface area contributed by atoms with Crippen molar-refractivity contribution in [2.24, 2.45) is 0 Å². The van der Waals surface area contributed by atoms with Crippen LogP contribution in [0, 0.1) is 0 Å². The van der Waals surface area contributed by atoms with E-state index < -0.39 is 11.6 Å². The molecule has 1 N–H and O–H groups in total. The van der Waals surface area contributed by atoms with Crippen LogP contribution in [0.15, 0.2) is 60.7 Å². The minimum atomic E-state index is -0.799. The third-order valence-corrected chi connectivity index (χ3v) is 4.43. The first-order valence-electron chi connectivity index (χ1n) is 7.17. The second-order valence-electron chi connectivity index (χ2n) is 5.74. The maximum atomic E-state index is 12.1. The van der Waals surface area contributed by atoms with E-state index in [1.807, 2.05) is 60.7 Å². The number of aliphatic hydroxyl groups is 1. The molecule has 3 nitrogen and oxygen atoms in total. The van der Waals surface area contributed by atoms with Crippen molar-refractivity contribution in [1.29, 1.82) is 0 Å². The highest BCUT2D eigenvalue weighted by Crippen LogP contribution is 2.41. The lowest BCUT2D eigenvalue weighted by Gasteiger charge is -2.34. The summed E-state index contributed by atoms with van der Waals surface area (Å²) < 4.78 is 0. The molecular formula is C18H19NO2. The minimum Gasteiger partial charge on any atom is -0.373 e. The maximum Gasteiger partial charge on any atom is 0.225 e. The lowest BCUT2D eigenvalue weighted by Crippen LogP contribution is -2.43. The third kappa shape index (κ3) is 2.34. The van der Waals surface area contributed by atoms with Gasteiger partial charge in [0.1, 0.15) is 6.23 Å². The van der Waals surface area contributed by atoms with Gasteiger partial charge in [-0.1, -0.05) is 60.7 Å². The first-order valence-corrected chi connectivity index (χ1v) is 7.17. The number of carbonyl (C=O) groups is 1. The van der Waals surface area contributed by atoms with Crippen molar-refractivity contribution in [2.45, 2.75) is 24.5 Å². The Hall–Kier alpha value is -2.13. The molecule has 2 aromatic rings. The van der Waals surface area contributed by atoms with E-state index in [2.05, 4.69) is 0 Å². The number of aliphatic hydroxyl groups excluding tert-OH is 1. The fourth-order valence-corrected chi connectivity index (χ4v) is 3.23. The summed E-state index contributed by atoms with van der Waals surface area (Å²) in [7, 11) is 1.67. The van der Waals surface area contributed by atoms with Crippen LogP contribution in [0.25, 0.3) is 0 Å². The molecule has 0 spiro atoms. The molecule has 3 rings (SSSR count). The molecule has 2 atom stereocenters. The summed E-state index contributed by atoms with van der Waals surface area (Å²) in [6.07, 6.45) is 0.186. The lowest BCUT2D eigenvalue weighted by atomic mass is 9.73. The molecule has 2 unspecified atom stereocenters. The Kier molecular flexibility index (Phi) is 3.52. The Morgan fingerprint density at radius 1 is 1.10 bits per heavy atom. The molecule has 3 heteroatoms. The van der Waals surface area contributed by atoms with Crippen LogP contribution in [0.4, 0.5) is 0 Å². The van der Waals surface area contributed by atoms with Gasteiger partial charge >= 0.3 is 0 Å². The molecule has 1 saturated heterocycles. The van der Waals surface area contributed by atoms with Crippen LogP contribution in [-0.4, -0.2) is 29.2 Å². The smallest absolute Gasteiger partial charge is 0.225 e. The number of nitrogens with zero attached hydrogens (tertiary/aromatic N) is 1. The van der Waals surface area contributed by atoms with Crippen LogP contribution in [-0.2, 0) is 16.6 Å². The predicted molar refractivity (Wildman–Crippen MR) is 81.7 cm³/mol. The number of hydrogen-bond acceptors (Lipinski definition) is 2. The van der Waals surface area contributed by atoms with Gasteiger partial charge in [-0.15, -0.1) is 0 Å². The Bertz CT molecular complexity index is 626. The SMILES string of the molecule is CN1C(=O)CC(Cc2ccccc2)(c2ccccc2)C1O. The number of hydrogen-bond donors (Lipinski definition) is 1. The minimum absolute atomic E-state index is 0.0118. The molecule has 108 valence electrons. The van der Waals surface area contributed by atoms with E-state index in [1.165, 1.54) is 4.90 Å². The van der Waals surface area contributed by atoms with Crippen LogP contribution in [0.5, 0.6) is 0 Å². The van der Waals surface area contributed by atoms with Gasteiger partial charge in [-0.3, -0.25) is 4.79 Å². The Morgan fingerprint density at radius 2 is 1.67 bits per heavy atom. The number of likely N-dealkylation sites (tertiary alicyclic amines) is 1. The molecule has 1 heterocycles. The van der Waals surface area contributed by atoms with Gasteiger partial charge in [0.2, 0.25) is 5.91 Å². The zero-order valence-electron chi connectivity index (χ0n) is 12.1. The molecule has 0 radical (unpaired) electrons. The van der Waals surface area contributed by atoms with Crippen LogP contribution in [0.2, 0.25) is 0 Å². The van der Waals surface area contributed by atoms with Gasteiger partial charge < -0.3 is 10.0 Å². The standard InChI is InChI=1S/C18H19NO2/c1-19-16(20)13-18(17(19)21,15-10-6-3-7-11-15)12-14-8-4-2-5-9-14/h2-11,17,21H,12-13H2,1H3. The maximum absolute atomic E-state index is 12.1. The van der Waals surface area contributed by atoms with Crippen molar-refractivity contribution in [2.75, 3.05) is 7.05 Å². The topological polar surface area (TPSA) is 40.5 Å². The molecule has 1 aliphatic heterocycles. The van der Waals surface area contributed by atoms with E-state index in [9.17, 15) is 9.90 Å². The van der Waals surface area contributed by atoms with Crippen molar-refractivity contribution in [1.82, 2.24) is 4.90 Å². The van der Waals surface area contributed by atoms with Crippen LogP contribution < -0.4 is 0 Å². The van der Waals surface area contributed by atoms with E-state index in [1.54, 1.807) is 7.05 Å². The van der Waals surface area contributed by atoms with E-state index in [-0.39, 0.29) is 5.91 Å². The molecule has 1 amide bonds. The second kappa shape index (κ2) is 5.34. The zero-order chi connectivity index (χ0) is 14.9. The lowest BCUT2D eigenvalue weighted by molar-refractivity contribution is -0.131. The number of benzene rings is 2. The Labute approximate surface area is 124 Å². The highest BCUT2D eigenvalue weighted by Gasteiger charge is 2.50. The highest BCUT2D eigenvalue weighted by molar-refractivity contribution is 5.81. The summed E-state index contributed by atoms with van der Waals surface area (Å²) in [5, 5.41) is 10.7. The first-order chi connectivity index (χ1) is 10.1. The van der Waals surface area contributed by atoms with E-state index in [0.717, 1.165) is 11.1 Å². The average Bonchev–Trinajstić information content (AvgIpc) is 2.74. The number of amides is 1. The first kappa shape index (κ1) is 13.8. The van der Waals surface area contributed by atoms with Crippen molar-refractivity contribution < 1.29 is 9.90 Å². The zero-order valence-corrected chi connectivity index (χ0v) is 12.1. The van der Waals surface area contributed by atoms with Crippen LogP contribution in [0.3, 0.4) is 0 Å². The largest absolute Gasteiger partial charge is 0.373 e. The van der Waals surface area contributed by atoms with E-state index >= 15 is 0 Å². The summed E-state index contributed by atoms with van der Waals surface area (Å²) in [5.74, 6) is -0.0118. The monoisotopic (exact) mass is 281 g/mol. The molecule has 21 heavy (non-hydrogen) atoms. The summed E-state index contributed by atoms with van der Waals surface area (Å²) in [6, 6.07) is 19.9. The molecule has 2 aromatic carbocycles. The molecule has 1 fully saturated rings. The summed E-state index contributed by atoms with van der Waals surface area (Å²) in [5.41, 5.74) is 1.57. The average molecular weight is 281 g/mol. The van der Waals surface area contributed by atoms with Crippen molar-refractivity contribution in [3.8, 4) is 0 Å². The van der Waals surface area contributed by atoms with E-state index in [0.29, 0.717) is 12.8 Å². The van der Waals surface area contributed by atoms with Crippen molar-refractivity contribution in [3.63, 3.8) is 0 Å². The van der Waals surface area contributed by atoms with Gasteiger partial charge in [0, 0.05) is 13.5 Å². The Balaban J connectivity index is 2.06. The predicted octanol–water partition coefficient (Wildman–Crippen LogP) is 2.35. The number of carbonyl (C=O) groups excluding carboxylic acids is 1. The number of rotatable bonds is 3. The molecule has 1 aliphatic rings. The summed E-state index contributed by atoms with van der Waals surface area (Å²) in [6.45, 7) is 0. The number of likely N-dealkylation sites (N-methyl/N-ethyl adjacent to an activating group) is 1. The highest BCUT2D eigenvalue weighted by atomic mass is 16.3. The second-order valence-corrected chi connectivity index (χ2v) is 5.74. The van der Waals surface area contributed by atoms with Gasteiger partial charge in [-0.2, -0.15) is 0 Å². The fourth-order valence-electron chi connectivity index (χ4n) is 3.23. The summed E-state index contributed by atoms with van der Waals surface area (Å²) in [4.78, 5) is 13.6. The quantitative estimate of drug-likeness (QED) is 0.938. The van der Waals surface area contributed by atoms with Crippen molar-refractivity contribution >= 4 is 5.91 Å². The van der Waals surface area contributed by atoms with Crippen molar-refractivity contribution in [3.05, 3.63) is 71.8 Å². The molecule has 0 saturated carbocycles. The van der Waals surface area contributed by atoms with Crippen LogP contribution >= 0.6 is 0 Å². The van der Waals surface area contributed by atoms with Gasteiger partial charge in [0.25, 0.3) is 0 Å². The van der Waals surface area contributed by atoms with Gasteiger partial charge in [0.05, 0.1) is 5.41 Å².